The molecule has 0 saturated heterocycles. The van der Waals surface area contributed by atoms with E-state index in [1.54, 1.807) is 6.92 Å². The molecule has 0 bridgehead atoms. The highest BCUT2D eigenvalue weighted by Crippen LogP contribution is 2.32. The van der Waals surface area contributed by atoms with E-state index in [1.807, 2.05) is 36.9 Å². The van der Waals surface area contributed by atoms with Crippen molar-refractivity contribution < 1.29 is 14.6 Å². The van der Waals surface area contributed by atoms with Crippen molar-refractivity contribution in [3.63, 3.8) is 0 Å². The number of nitrogens with zero attached hydrogens (tertiary/aromatic N) is 1. The number of benzene rings is 1. The lowest BCUT2D eigenvalue weighted by atomic mass is 10.1. The number of carboxylic acid groups (broad SMARTS) is 1. The van der Waals surface area contributed by atoms with Crippen LogP contribution in [0.3, 0.4) is 0 Å². The van der Waals surface area contributed by atoms with Gasteiger partial charge in [-0.2, -0.15) is 0 Å². The van der Waals surface area contributed by atoms with E-state index in [4.69, 9.17) is 16.3 Å². The Hall–Kier alpha value is -1.26. The zero-order valence-electron chi connectivity index (χ0n) is 12.7. The van der Waals surface area contributed by atoms with E-state index in [-0.39, 0.29) is 6.10 Å². The fraction of sp³-hybridized carbons (Fsp3) is 0.562. The number of rotatable bonds is 7. The molecule has 0 aromatic heterocycles. The minimum atomic E-state index is -0.784. The van der Waals surface area contributed by atoms with Gasteiger partial charge in [-0.15, -0.1) is 0 Å². The van der Waals surface area contributed by atoms with E-state index in [9.17, 15) is 9.90 Å². The predicted octanol–water partition coefficient (Wildman–Crippen LogP) is 3.56. The standard InChI is InChI=1S/C16H22ClNO3/c1-10(2)21-15-7-4-12(8-14(15)17)9-18(13-5-6-13)11(3)16(19)20/h4,7-8,10-11,13H,5-6,9H2,1-3H3,(H,19,20). The van der Waals surface area contributed by atoms with Crippen molar-refractivity contribution in [2.45, 2.75) is 58.3 Å². The van der Waals surface area contributed by atoms with Crippen LogP contribution in [0.5, 0.6) is 5.75 Å². The SMILES string of the molecule is CC(C)Oc1ccc(CN(C2CC2)C(C)C(=O)O)cc1Cl. The van der Waals surface area contributed by atoms with Crippen LogP contribution < -0.4 is 4.74 Å². The number of hydrogen-bond donors (Lipinski definition) is 1. The second-order valence-electron chi connectivity index (χ2n) is 5.85. The van der Waals surface area contributed by atoms with Crippen LogP contribution in [0.4, 0.5) is 0 Å². The first-order valence-corrected chi connectivity index (χ1v) is 7.70. The minimum absolute atomic E-state index is 0.0725. The van der Waals surface area contributed by atoms with Gasteiger partial charge in [0.15, 0.2) is 0 Å². The molecule has 0 aliphatic heterocycles. The third kappa shape index (κ3) is 4.35. The normalized spacial score (nSPS) is 16.3. The van der Waals surface area contributed by atoms with Crippen LogP contribution in [0.2, 0.25) is 5.02 Å². The minimum Gasteiger partial charge on any atom is -0.489 e. The van der Waals surface area contributed by atoms with Gasteiger partial charge in [0.05, 0.1) is 11.1 Å². The van der Waals surface area contributed by atoms with Crippen molar-refractivity contribution in [1.82, 2.24) is 4.90 Å². The van der Waals surface area contributed by atoms with Gasteiger partial charge < -0.3 is 9.84 Å². The zero-order chi connectivity index (χ0) is 15.6. The molecule has 1 aliphatic rings. The lowest BCUT2D eigenvalue weighted by Gasteiger charge is -2.26. The van der Waals surface area contributed by atoms with Crippen LogP contribution in [0.1, 0.15) is 39.2 Å². The lowest BCUT2D eigenvalue weighted by molar-refractivity contribution is -0.143. The van der Waals surface area contributed by atoms with Gasteiger partial charge in [0, 0.05) is 12.6 Å². The quantitative estimate of drug-likeness (QED) is 0.836. The molecule has 4 nitrogen and oxygen atoms in total. The number of carbonyl (C=O) groups is 1. The summed E-state index contributed by atoms with van der Waals surface area (Å²) in [5.74, 6) is -0.118. The second kappa shape index (κ2) is 6.67. The average Bonchev–Trinajstić information content (AvgIpc) is 3.22. The van der Waals surface area contributed by atoms with Crippen LogP contribution in [0.15, 0.2) is 18.2 Å². The van der Waals surface area contributed by atoms with Crippen LogP contribution in [-0.2, 0) is 11.3 Å². The Morgan fingerprint density at radius 3 is 2.57 bits per heavy atom. The summed E-state index contributed by atoms with van der Waals surface area (Å²) in [5.41, 5.74) is 1.01. The molecule has 0 heterocycles. The maximum Gasteiger partial charge on any atom is 0.320 e. The molecule has 1 atom stereocenters. The maximum absolute atomic E-state index is 11.2. The Balaban J connectivity index is 2.10. The smallest absolute Gasteiger partial charge is 0.320 e. The molecule has 1 aromatic carbocycles. The molecule has 1 unspecified atom stereocenters. The van der Waals surface area contributed by atoms with Gasteiger partial charge in [-0.1, -0.05) is 17.7 Å². The number of carboxylic acids is 1. The van der Waals surface area contributed by atoms with Crippen LogP contribution in [-0.4, -0.2) is 34.2 Å². The molecule has 2 rings (SSSR count). The summed E-state index contributed by atoms with van der Waals surface area (Å²) < 4.78 is 5.61. The number of ether oxygens (including phenoxy) is 1. The average molecular weight is 312 g/mol. The van der Waals surface area contributed by atoms with E-state index in [0.717, 1.165) is 18.4 Å². The molecule has 21 heavy (non-hydrogen) atoms. The van der Waals surface area contributed by atoms with E-state index in [2.05, 4.69) is 0 Å². The molecule has 116 valence electrons. The Kier molecular flexibility index (Phi) is 5.12. The van der Waals surface area contributed by atoms with Crippen molar-refractivity contribution in [2.24, 2.45) is 0 Å². The van der Waals surface area contributed by atoms with Crippen molar-refractivity contribution >= 4 is 17.6 Å². The van der Waals surface area contributed by atoms with Crippen molar-refractivity contribution in [1.29, 1.82) is 0 Å². The topological polar surface area (TPSA) is 49.8 Å². The van der Waals surface area contributed by atoms with Crippen LogP contribution >= 0.6 is 11.6 Å². The number of aliphatic carboxylic acids is 1. The van der Waals surface area contributed by atoms with Crippen molar-refractivity contribution in [2.75, 3.05) is 0 Å². The third-order valence-corrected chi connectivity index (χ3v) is 3.89. The highest BCUT2D eigenvalue weighted by molar-refractivity contribution is 6.32. The molecule has 0 amide bonds. The summed E-state index contributed by atoms with van der Waals surface area (Å²) in [6.07, 6.45) is 2.21. The van der Waals surface area contributed by atoms with Gasteiger partial charge in [0.2, 0.25) is 0 Å². The number of hydrogen-bond acceptors (Lipinski definition) is 3. The monoisotopic (exact) mass is 311 g/mol. The summed E-state index contributed by atoms with van der Waals surface area (Å²) in [5, 5.41) is 9.79. The number of halogens is 1. The van der Waals surface area contributed by atoms with E-state index >= 15 is 0 Å². The predicted molar refractivity (Wildman–Crippen MR) is 82.9 cm³/mol. The van der Waals surface area contributed by atoms with Gasteiger partial charge in [-0.3, -0.25) is 9.69 Å². The van der Waals surface area contributed by atoms with Gasteiger partial charge in [-0.05, 0) is 51.3 Å². The van der Waals surface area contributed by atoms with Gasteiger partial charge in [-0.25, -0.2) is 0 Å². The Morgan fingerprint density at radius 1 is 1.43 bits per heavy atom. The summed E-state index contributed by atoms with van der Waals surface area (Å²) >= 11 is 6.23. The Bertz CT molecular complexity index is 514. The highest BCUT2D eigenvalue weighted by Gasteiger charge is 2.34. The van der Waals surface area contributed by atoms with Crippen molar-refractivity contribution in [3.8, 4) is 5.75 Å². The molecule has 1 saturated carbocycles. The zero-order valence-corrected chi connectivity index (χ0v) is 13.4. The first-order valence-electron chi connectivity index (χ1n) is 7.32. The largest absolute Gasteiger partial charge is 0.489 e. The molecule has 5 heteroatoms. The summed E-state index contributed by atoms with van der Waals surface area (Å²) in [6.45, 7) is 6.24. The van der Waals surface area contributed by atoms with Gasteiger partial charge in [0.25, 0.3) is 0 Å². The van der Waals surface area contributed by atoms with Crippen molar-refractivity contribution in [3.05, 3.63) is 28.8 Å². The van der Waals surface area contributed by atoms with E-state index in [0.29, 0.717) is 23.4 Å². The second-order valence-corrected chi connectivity index (χ2v) is 6.26. The van der Waals surface area contributed by atoms with E-state index in [1.165, 1.54) is 0 Å². The maximum atomic E-state index is 11.2. The first kappa shape index (κ1) is 16.1. The fourth-order valence-electron chi connectivity index (χ4n) is 2.33. The molecular weight excluding hydrogens is 290 g/mol. The third-order valence-electron chi connectivity index (χ3n) is 3.59. The summed E-state index contributed by atoms with van der Waals surface area (Å²) in [7, 11) is 0. The summed E-state index contributed by atoms with van der Waals surface area (Å²) in [6, 6.07) is 5.56. The highest BCUT2D eigenvalue weighted by atomic mass is 35.5. The molecule has 0 spiro atoms. The molecule has 1 fully saturated rings. The van der Waals surface area contributed by atoms with Gasteiger partial charge >= 0.3 is 5.97 Å². The van der Waals surface area contributed by atoms with Crippen LogP contribution in [0.25, 0.3) is 0 Å². The summed E-state index contributed by atoms with van der Waals surface area (Å²) in [4.78, 5) is 13.2. The molecular formula is C16H22ClNO3. The lowest BCUT2D eigenvalue weighted by Crippen LogP contribution is -2.40. The molecule has 1 aliphatic carbocycles. The Labute approximate surface area is 130 Å². The molecule has 0 radical (unpaired) electrons. The first-order chi connectivity index (χ1) is 9.88. The van der Waals surface area contributed by atoms with E-state index < -0.39 is 12.0 Å². The Morgan fingerprint density at radius 2 is 2.10 bits per heavy atom. The fourth-order valence-corrected chi connectivity index (χ4v) is 2.58. The van der Waals surface area contributed by atoms with Crippen LogP contribution in [0, 0.1) is 0 Å². The van der Waals surface area contributed by atoms with Gasteiger partial charge in [0.1, 0.15) is 11.8 Å². The molecule has 1 aromatic rings. The molecule has 1 N–H and O–H groups in total.